The predicted molar refractivity (Wildman–Crippen MR) is 80.2 cm³/mol. The smallest absolute Gasteiger partial charge is 0.305 e. The molecule has 0 saturated carbocycles. The number of carboxylic acid groups (broad SMARTS) is 1. The summed E-state index contributed by atoms with van der Waals surface area (Å²) in [4.78, 5) is 23.1. The van der Waals surface area contributed by atoms with Crippen molar-refractivity contribution in [2.24, 2.45) is 23.5 Å². The highest BCUT2D eigenvalue weighted by molar-refractivity contribution is 5.82. The fourth-order valence-electron chi connectivity index (χ4n) is 2.12. The van der Waals surface area contributed by atoms with Crippen LogP contribution in [-0.2, 0) is 9.59 Å². The van der Waals surface area contributed by atoms with Gasteiger partial charge in [0.05, 0.1) is 12.5 Å². The number of rotatable bonds is 9. The van der Waals surface area contributed by atoms with Gasteiger partial charge in [0.2, 0.25) is 5.91 Å². The number of hydrogen-bond donors (Lipinski definition) is 3. The SMILES string of the molecule is CCC(C)C(C)[C@@H](CC(=O)O)NC(=O)[C@@H](N)C(C)CC. The monoisotopic (exact) mass is 286 g/mol. The molecule has 0 aromatic carbocycles. The third-order valence-electron chi connectivity index (χ3n) is 4.46. The Bertz CT molecular complexity index is 320. The standard InChI is InChI=1S/C15H30N2O3/c1-6-9(3)11(5)12(8-13(18)19)17-15(20)14(16)10(4)7-2/h9-12,14H,6-8,16H2,1-5H3,(H,17,20)(H,18,19)/t9?,10?,11?,12-,14+/m1/s1. The van der Waals surface area contributed by atoms with Crippen molar-refractivity contribution < 1.29 is 14.7 Å². The van der Waals surface area contributed by atoms with E-state index in [1.807, 2.05) is 20.8 Å². The van der Waals surface area contributed by atoms with Crippen molar-refractivity contribution in [1.29, 1.82) is 0 Å². The van der Waals surface area contributed by atoms with Gasteiger partial charge in [-0.05, 0) is 17.8 Å². The van der Waals surface area contributed by atoms with Gasteiger partial charge in [0.15, 0.2) is 0 Å². The molecule has 0 aromatic heterocycles. The van der Waals surface area contributed by atoms with Gasteiger partial charge in [-0.25, -0.2) is 0 Å². The van der Waals surface area contributed by atoms with Crippen LogP contribution in [0.3, 0.4) is 0 Å². The number of nitrogens with one attached hydrogen (secondary N) is 1. The van der Waals surface area contributed by atoms with Crippen molar-refractivity contribution in [3.63, 3.8) is 0 Å². The molecular formula is C15H30N2O3. The summed E-state index contributed by atoms with van der Waals surface area (Å²) in [6.07, 6.45) is 1.70. The largest absolute Gasteiger partial charge is 0.481 e. The van der Waals surface area contributed by atoms with Crippen molar-refractivity contribution >= 4 is 11.9 Å². The lowest BCUT2D eigenvalue weighted by atomic mass is 9.85. The van der Waals surface area contributed by atoms with E-state index in [9.17, 15) is 9.59 Å². The molecule has 0 rings (SSSR count). The van der Waals surface area contributed by atoms with Crippen LogP contribution >= 0.6 is 0 Å². The van der Waals surface area contributed by atoms with E-state index in [0.29, 0.717) is 5.92 Å². The first-order valence-corrected chi connectivity index (χ1v) is 7.52. The molecule has 3 unspecified atom stereocenters. The van der Waals surface area contributed by atoms with Crippen LogP contribution in [-0.4, -0.2) is 29.1 Å². The van der Waals surface area contributed by atoms with E-state index < -0.39 is 12.0 Å². The Balaban J connectivity index is 4.80. The summed E-state index contributed by atoms with van der Waals surface area (Å²) >= 11 is 0. The average Bonchev–Trinajstić information content (AvgIpc) is 2.42. The summed E-state index contributed by atoms with van der Waals surface area (Å²) in [7, 11) is 0. The summed E-state index contributed by atoms with van der Waals surface area (Å²) in [6, 6.07) is -0.953. The highest BCUT2D eigenvalue weighted by atomic mass is 16.4. The fourth-order valence-corrected chi connectivity index (χ4v) is 2.12. The maximum atomic E-state index is 12.1. The minimum atomic E-state index is -0.900. The van der Waals surface area contributed by atoms with E-state index in [1.54, 1.807) is 0 Å². The summed E-state index contributed by atoms with van der Waals surface area (Å²) in [6.45, 7) is 10.0. The fraction of sp³-hybridized carbons (Fsp3) is 0.867. The molecule has 20 heavy (non-hydrogen) atoms. The Kier molecular flexibility index (Phi) is 8.46. The molecule has 0 bridgehead atoms. The first kappa shape index (κ1) is 18.9. The van der Waals surface area contributed by atoms with Gasteiger partial charge < -0.3 is 16.2 Å². The molecule has 0 aliphatic rings. The number of hydrogen-bond acceptors (Lipinski definition) is 3. The number of carbonyl (C=O) groups excluding carboxylic acids is 1. The van der Waals surface area contributed by atoms with Gasteiger partial charge in [0.1, 0.15) is 0 Å². The first-order valence-electron chi connectivity index (χ1n) is 7.52. The third kappa shape index (κ3) is 5.90. The molecule has 0 aliphatic carbocycles. The molecule has 0 fully saturated rings. The Morgan fingerprint density at radius 2 is 1.60 bits per heavy atom. The summed E-state index contributed by atoms with van der Waals surface area (Å²) in [5.41, 5.74) is 5.90. The normalized spacial score (nSPS) is 18.7. The maximum Gasteiger partial charge on any atom is 0.305 e. The summed E-state index contributed by atoms with van der Waals surface area (Å²) < 4.78 is 0. The topological polar surface area (TPSA) is 92.4 Å². The minimum Gasteiger partial charge on any atom is -0.481 e. The second-order valence-electron chi connectivity index (χ2n) is 5.87. The Morgan fingerprint density at radius 1 is 1.10 bits per heavy atom. The second-order valence-corrected chi connectivity index (χ2v) is 5.87. The Morgan fingerprint density at radius 3 is 2.00 bits per heavy atom. The molecule has 5 atom stereocenters. The number of carboxylic acids is 1. The van der Waals surface area contributed by atoms with E-state index in [-0.39, 0.29) is 30.2 Å². The predicted octanol–water partition coefficient (Wildman–Crippen LogP) is 2.00. The lowest BCUT2D eigenvalue weighted by Gasteiger charge is -2.30. The van der Waals surface area contributed by atoms with Crippen LogP contribution in [0.5, 0.6) is 0 Å². The molecule has 0 spiro atoms. The Labute approximate surface area is 122 Å². The van der Waals surface area contributed by atoms with Crippen molar-refractivity contribution in [3.8, 4) is 0 Å². The molecule has 1 amide bonds. The molecule has 0 heterocycles. The van der Waals surface area contributed by atoms with Crippen LogP contribution in [0.2, 0.25) is 0 Å². The number of amides is 1. The van der Waals surface area contributed by atoms with Gasteiger partial charge in [-0.3, -0.25) is 9.59 Å². The molecule has 0 aromatic rings. The zero-order chi connectivity index (χ0) is 15.9. The molecule has 4 N–H and O–H groups in total. The average molecular weight is 286 g/mol. The van der Waals surface area contributed by atoms with Gasteiger partial charge in [0.25, 0.3) is 0 Å². The minimum absolute atomic E-state index is 0.0650. The summed E-state index contributed by atoms with van der Waals surface area (Å²) in [5, 5.41) is 11.8. The zero-order valence-electron chi connectivity index (χ0n) is 13.3. The van der Waals surface area contributed by atoms with Gasteiger partial charge in [-0.2, -0.15) is 0 Å². The van der Waals surface area contributed by atoms with Crippen LogP contribution in [0.1, 0.15) is 53.9 Å². The number of nitrogens with two attached hydrogens (primary N) is 1. The molecule has 0 aliphatic heterocycles. The molecule has 118 valence electrons. The van der Waals surface area contributed by atoms with Crippen molar-refractivity contribution in [2.75, 3.05) is 0 Å². The first-order chi connectivity index (χ1) is 9.24. The highest BCUT2D eigenvalue weighted by Gasteiger charge is 2.28. The molecular weight excluding hydrogens is 256 g/mol. The second kappa shape index (κ2) is 8.95. The molecule has 0 saturated heterocycles. The van der Waals surface area contributed by atoms with Gasteiger partial charge in [-0.1, -0.05) is 47.5 Å². The number of aliphatic carboxylic acids is 1. The lowest BCUT2D eigenvalue weighted by Crippen LogP contribution is -2.51. The third-order valence-corrected chi connectivity index (χ3v) is 4.46. The van der Waals surface area contributed by atoms with E-state index in [1.165, 1.54) is 0 Å². The number of carbonyl (C=O) groups is 2. The Hall–Kier alpha value is -1.10. The van der Waals surface area contributed by atoms with E-state index in [2.05, 4.69) is 19.2 Å². The summed E-state index contributed by atoms with van der Waals surface area (Å²) in [5.74, 6) is -0.619. The van der Waals surface area contributed by atoms with E-state index in [0.717, 1.165) is 12.8 Å². The highest BCUT2D eigenvalue weighted by Crippen LogP contribution is 2.21. The van der Waals surface area contributed by atoms with Crippen LogP contribution in [0, 0.1) is 17.8 Å². The van der Waals surface area contributed by atoms with Gasteiger partial charge in [0, 0.05) is 6.04 Å². The van der Waals surface area contributed by atoms with Crippen LogP contribution in [0.4, 0.5) is 0 Å². The zero-order valence-corrected chi connectivity index (χ0v) is 13.3. The molecule has 0 radical (unpaired) electrons. The van der Waals surface area contributed by atoms with Gasteiger partial charge in [-0.15, -0.1) is 0 Å². The van der Waals surface area contributed by atoms with E-state index in [4.69, 9.17) is 10.8 Å². The van der Waals surface area contributed by atoms with Crippen LogP contribution in [0.25, 0.3) is 0 Å². The van der Waals surface area contributed by atoms with Crippen molar-refractivity contribution in [3.05, 3.63) is 0 Å². The molecule has 5 nitrogen and oxygen atoms in total. The maximum absolute atomic E-state index is 12.1. The molecule has 5 heteroatoms. The quantitative estimate of drug-likeness (QED) is 0.604. The van der Waals surface area contributed by atoms with Crippen molar-refractivity contribution in [1.82, 2.24) is 5.32 Å². The van der Waals surface area contributed by atoms with Gasteiger partial charge >= 0.3 is 5.97 Å². The van der Waals surface area contributed by atoms with Crippen LogP contribution < -0.4 is 11.1 Å². The van der Waals surface area contributed by atoms with Crippen molar-refractivity contribution in [2.45, 2.75) is 66.0 Å². The van der Waals surface area contributed by atoms with Crippen LogP contribution in [0.15, 0.2) is 0 Å². The van der Waals surface area contributed by atoms with E-state index >= 15 is 0 Å². The lowest BCUT2D eigenvalue weighted by molar-refractivity contribution is -0.138.